The van der Waals surface area contributed by atoms with Crippen LogP contribution >= 0.6 is 35.3 Å². The van der Waals surface area contributed by atoms with Crippen molar-refractivity contribution in [3.05, 3.63) is 46.0 Å². The monoisotopic (exact) mass is 476 g/mol. The number of rotatable bonds is 6. The van der Waals surface area contributed by atoms with Crippen LogP contribution in [0.4, 0.5) is 0 Å². The van der Waals surface area contributed by atoms with Crippen molar-refractivity contribution in [2.75, 3.05) is 20.6 Å². The zero-order valence-corrected chi connectivity index (χ0v) is 18.1. The van der Waals surface area contributed by atoms with Crippen molar-refractivity contribution in [1.29, 1.82) is 0 Å². The first-order valence-corrected chi connectivity index (χ1v) is 8.67. The largest absolute Gasteiger partial charge is 0.464 e. The minimum Gasteiger partial charge on any atom is -0.464 e. The first-order chi connectivity index (χ1) is 11.5. The molecular weight excluding hydrogens is 451 g/mol. The van der Waals surface area contributed by atoms with Crippen LogP contribution in [-0.4, -0.2) is 37.4 Å². The van der Waals surface area contributed by atoms with Crippen molar-refractivity contribution >= 4 is 47.2 Å². The number of nitrogens with zero attached hydrogens (tertiary/aromatic N) is 2. The van der Waals surface area contributed by atoms with E-state index in [1.807, 2.05) is 37.4 Å². The topological polar surface area (TPSA) is 69.9 Å². The first-order valence-electron chi connectivity index (χ1n) is 7.79. The Hall–Kier alpha value is -1.55. The van der Waals surface area contributed by atoms with E-state index in [2.05, 4.69) is 21.7 Å². The highest BCUT2D eigenvalue weighted by molar-refractivity contribution is 14.0. The zero-order chi connectivity index (χ0) is 17.5. The highest BCUT2D eigenvalue weighted by Gasteiger charge is 2.12. The van der Waals surface area contributed by atoms with Crippen molar-refractivity contribution in [3.63, 3.8) is 0 Å². The Balaban J connectivity index is 0.00000312. The molecular formula is C17H25IN4O2S. The summed E-state index contributed by atoms with van der Waals surface area (Å²) in [5.74, 6) is 2.23. The Morgan fingerprint density at radius 1 is 1.36 bits per heavy atom. The van der Waals surface area contributed by atoms with Gasteiger partial charge in [-0.25, -0.2) is 4.99 Å². The third-order valence-electron chi connectivity index (χ3n) is 3.42. The minimum atomic E-state index is -0.0530. The number of halogens is 1. The molecule has 1 amide bonds. The molecule has 1 unspecified atom stereocenters. The van der Waals surface area contributed by atoms with Crippen LogP contribution in [-0.2, 0) is 11.3 Å². The number of carbonyl (C=O) groups is 1. The molecule has 0 bridgehead atoms. The minimum absolute atomic E-state index is 0. The number of likely N-dealkylation sites (N-methyl/N-ethyl adjacent to an activating group) is 1. The predicted molar refractivity (Wildman–Crippen MR) is 113 cm³/mol. The number of amides is 1. The molecule has 6 nitrogen and oxygen atoms in total. The maximum Gasteiger partial charge on any atom is 0.243 e. The smallest absolute Gasteiger partial charge is 0.243 e. The molecule has 0 saturated heterocycles. The molecule has 0 aliphatic heterocycles. The average molecular weight is 476 g/mol. The number of aryl methyl sites for hydroxylation is 1. The number of thiophene rings is 1. The Bertz CT molecular complexity index is 683. The summed E-state index contributed by atoms with van der Waals surface area (Å²) >= 11 is 1.67. The van der Waals surface area contributed by atoms with Crippen LogP contribution in [0.25, 0.3) is 0 Å². The summed E-state index contributed by atoms with van der Waals surface area (Å²) in [4.78, 5) is 18.9. The summed E-state index contributed by atoms with van der Waals surface area (Å²) in [5.41, 5.74) is 0. The number of aliphatic imine (C=N–C) groups is 1. The van der Waals surface area contributed by atoms with Crippen LogP contribution in [0.3, 0.4) is 0 Å². The molecule has 2 rings (SSSR count). The van der Waals surface area contributed by atoms with Crippen molar-refractivity contribution < 1.29 is 9.21 Å². The highest BCUT2D eigenvalue weighted by Crippen LogP contribution is 2.15. The molecule has 8 heteroatoms. The lowest BCUT2D eigenvalue weighted by atomic mass is 10.2. The van der Waals surface area contributed by atoms with E-state index in [1.165, 1.54) is 9.78 Å². The van der Waals surface area contributed by atoms with Gasteiger partial charge in [-0.3, -0.25) is 4.79 Å². The fourth-order valence-electron chi connectivity index (χ4n) is 1.99. The van der Waals surface area contributed by atoms with Crippen LogP contribution in [0.15, 0.2) is 39.1 Å². The van der Waals surface area contributed by atoms with Gasteiger partial charge in [-0.2, -0.15) is 0 Å². The molecule has 2 N–H and O–H groups in total. The molecule has 0 aliphatic carbocycles. The SMILES string of the molecule is Cc1ccc(C(C)NC(=NCC(=O)N(C)C)NCc2cccs2)o1.I. The van der Waals surface area contributed by atoms with Gasteiger partial charge >= 0.3 is 0 Å². The van der Waals surface area contributed by atoms with Gasteiger partial charge in [0.05, 0.1) is 12.6 Å². The molecule has 25 heavy (non-hydrogen) atoms. The molecule has 1 atom stereocenters. The summed E-state index contributed by atoms with van der Waals surface area (Å²) in [6, 6.07) is 7.88. The van der Waals surface area contributed by atoms with E-state index in [-0.39, 0.29) is 42.5 Å². The number of hydrogen-bond acceptors (Lipinski definition) is 4. The number of nitrogens with one attached hydrogen (secondary N) is 2. The van der Waals surface area contributed by atoms with Gasteiger partial charge in [0, 0.05) is 19.0 Å². The third kappa shape index (κ3) is 7.07. The molecule has 0 spiro atoms. The van der Waals surface area contributed by atoms with Crippen LogP contribution < -0.4 is 10.6 Å². The average Bonchev–Trinajstić information content (AvgIpc) is 3.20. The van der Waals surface area contributed by atoms with Gasteiger partial charge in [0.15, 0.2) is 5.96 Å². The van der Waals surface area contributed by atoms with Gasteiger partial charge in [-0.05, 0) is 37.4 Å². The molecule has 0 saturated carbocycles. The molecule has 0 aliphatic rings. The number of hydrogen-bond donors (Lipinski definition) is 2. The van der Waals surface area contributed by atoms with E-state index in [0.29, 0.717) is 12.5 Å². The van der Waals surface area contributed by atoms with Gasteiger partial charge < -0.3 is 20.0 Å². The Labute approximate surface area is 169 Å². The van der Waals surface area contributed by atoms with Crippen LogP contribution in [0.2, 0.25) is 0 Å². The second-order valence-electron chi connectivity index (χ2n) is 5.70. The van der Waals surface area contributed by atoms with Crippen molar-refractivity contribution in [2.45, 2.75) is 26.4 Å². The fourth-order valence-corrected chi connectivity index (χ4v) is 2.63. The molecule has 2 aromatic rings. The lowest BCUT2D eigenvalue weighted by Gasteiger charge is -2.17. The Morgan fingerprint density at radius 3 is 2.68 bits per heavy atom. The maximum atomic E-state index is 11.8. The van der Waals surface area contributed by atoms with Crippen LogP contribution in [0, 0.1) is 6.92 Å². The maximum absolute atomic E-state index is 11.8. The molecule has 138 valence electrons. The highest BCUT2D eigenvalue weighted by atomic mass is 127. The standard InChI is InChI=1S/C17H24N4O2S.HI/c1-12-7-8-15(23-12)13(2)20-17(19-11-16(22)21(3)4)18-10-14-6-5-9-24-14;/h5-9,13H,10-11H2,1-4H3,(H2,18,19,20);1H. The Morgan fingerprint density at radius 2 is 2.12 bits per heavy atom. The summed E-state index contributed by atoms with van der Waals surface area (Å²) in [7, 11) is 3.44. The van der Waals surface area contributed by atoms with Crippen molar-refractivity contribution in [3.8, 4) is 0 Å². The summed E-state index contributed by atoms with van der Waals surface area (Å²) in [5, 5.41) is 8.58. The zero-order valence-electron chi connectivity index (χ0n) is 14.9. The molecule has 0 radical (unpaired) electrons. The van der Waals surface area contributed by atoms with E-state index in [0.717, 1.165) is 11.5 Å². The third-order valence-corrected chi connectivity index (χ3v) is 4.30. The lowest BCUT2D eigenvalue weighted by Crippen LogP contribution is -2.39. The molecule has 0 fully saturated rings. The number of guanidine groups is 1. The quantitative estimate of drug-likeness (QED) is 0.382. The first kappa shape index (κ1) is 21.5. The van der Waals surface area contributed by atoms with Crippen LogP contribution in [0.1, 0.15) is 29.4 Å². The van der Waals surface area contributed by atoms with E-state index < -0.39 is 0 Å². The molecule has 2 aromatic heterocycles. The number of carbonyl (C=O) groups excluding carboxylic acids is 1. The van der Waals surface area contributed by atoms with Gasteiger partial charge in [0.1, 0.15) is 18.1 Å². The summed E-state index contributed by atoms with van der Waals surface area (Å²) < 4.78 is 5.64. The van der Waals surface area contributed by atoms with E-state index in [4.69, 9.17) is 4.42 Å². The van der Waals surface area contributed by atoms with Crippen LogP contribution in [0.5, 0.6) is 0 Å². The molecule has 0 aromatic carbocycles. The van der Waals surface area contributed by atoms with Gasteiger partial charge in [0.2, 0.25) is 5.91 Å². The molecule has 2 heterocycles. The predicted octanol–water partition coefficient (Wildman–Crippen LogP) is 3.15. The summed E-state index contributed by atoms with van der Waals surface area (Å²) in [6.07, 6.45) is 0. The van der Waals surface area contributed by atoms with Gasteiger partial charge in [0.25, 0.3) is 0 Å². The summed E-state index contributed by atoms with van der Waals surface area (Å²) in [6.45, 7) is 4.66. The van der Waals surface area contributed by atoms with E-state index in [9.17, 15) is 4.79 Å². The van der Waals surface area contributed by atoms with E-state index in [1.54, 1.807) is 25.4 Å². The lowest BCUT2D eigenvalue weighted by molar-refractivity contribution is -0.127. The normalized spacial score (nSPS) is 12.2. The Kier molecular flexibility index (Phi) is 8.98. The van der Waals surface area contributed by atoms with E-state index >= 15 is 0 Å². The second kappa shape index (κ2) is 10.4. The van der Waals surface area contributed by atoms with Crippen molar-refractivity contribution in [2.24, 2.45) is 4.99 Å². The van der Waals surface area contributed by atoms with Gasteiger partial charge in [-0.15, -0.1) is 35.3 Å². The van der Waals surface area contributed by atoms with Crippen molar-refractivity contribution in [1.82, 2.24) is 15.5 Å². The number of furan rings is 1. The second-order valence-corrected chi connectivity index (χ2v) is 6.73. The van der Waals surface area contributed by atoms with Gasteiger partial charge in [-0.1, -0.05) is 6.07 Å². The fraction of sp³-hybridized carbons (Fsp3) is 0.412.